The Hall–Kier alpha value is -3.99. The van der Waals surface area contributed by atoms with E-state index in [1.54, 1.807) is 18.2 Å². The first-order valence-corrected chi connectivity index (χ1v) is 12.7. The number of halogens is 4. The van der Waals surface area contributed by atoms with E-state index < -0.39 is 23.5 Å². The zero-order valence-electron chi connectivity index (χ0n) is 20.8. The predicted octanol–water partition coefficient (Wildman–Crippen LogP) is 5.51. The molecule has 0 spiro atoms. The number of pyridine rings is 2. The molecule has 1 saturated carbocycles. The van der Waals surface area contributed by atoms with Crippen LogP contribution >= 0.6 is 0 Å². The molecule has 1 amide bonds. The number of hydrogen-bond donors (Lipinski definition) is 1. The van der Waals surface area contributed by atoms with E-state index in [0.29, 0.717) is 11.3 Å². The molecule has 39 heavy (non-hydrogen) atoms. The van der Waals surface area contributed by atoms with Gasteiger partial charge < -0.3 is 19.5 Å². The highest BCUT2D eigenvalue weighted by atomic mass is 19.4. The van der Waals surface area contributed by atoms with E-state index in [2.05, 4.69) is 20.2 Å². The predicted molar refractivity (Wildman–Crippen MR) is 137 cm³/mol. The minimum atomic E-state index is -4.58. The molecule has 0 bridgehead atoms. The molecule has 2 fully saturated rings. The summed E-state index contributed by atoms with van der Waals surface area (Å²) < 4.78 is 61.0. The van der Waals surface area contributed by atoms with Crippen molar-refractivity contribution >= 4 is 28.4 Å². The second-order valence-electron chi connectivity index (χ2n) is 10.0. The lowest BCUT2D eigenvalue weighted by atomic mass is 10.1. The number of benzene rings is 1. The summed E-state index contributed by atoms with van der Waals surface area (Å²) >= 11 is 0. The molecule has 6 rings (SSSR count). The first-order chi connectivity index (χ1) is 18.7. The zero-order chi connectivity index (χ0) is 27.1. The summed E-state index contributed by atoms with van der Waals surface area (Å²) in [6.45, 7) is 2.38. The molecule has 1 saturated heterocycles. The van der Waals surface area contributed by atoms with Gasteiger partial charge in [0.15, 0.2) is 0 Å². The highest BCUT2D eigenvalue weighted by molar-refractivity contribution is 6.06. The fourth-order valence-electron chi connectivity index (χ4n) is 4.60. The maximum absolute atomic E-state index is 13.8. The number of alkyl halides is 3. The maximum Gasteiger partial charge on any atom is 0.417 e. The molecule has 0 atom stereocenters. The van der Waals surface area contributed by atoms with Crippen molar-refractivity contribution in [2.45, 2.75) is 31.7 Å². The van der Waals surface area contributed by atoms with E-state index in [1.807, 2.05) is 0 Å². The Morgan fingerprint density at radius 3 is 2.56 bits per heavy atom. The summed E-state index contributed by atoms with van der Waals surface area (Å²) in [5.74, 6) is 0.472. The lowest BCUT2D eigenvalue weighted by Gasteiger charge is -2.39. The molecule has 1 N–H and O–H groups in total. The van der Waals surface area contributed by atoms with Gasteiger partial charge in [0, 0.05) is 37.8 Å². The van der Waals surface area contributed by atoms with Gasteiger partial charge in [-0.1, -0.05) is 12.1 Å². The standard InChI is InChI=1S/C28H25F4N5O2/c29-21-3-1-2-18(8-21)13-37-24(10-19-9-20(28(30,31)32)11-34-26(19)37)27(38)35-22-6-7-25(33-12-22)36-14-23(15-36)39-16-17-4-5-17/h1-3,6-12,17,23H,4-5,13-16H2,(H,35,38). The van der Waals surface area contributed by atoms with Gasteiger partial charge in [0.05, 0.1) is 23.6 Å². The quantitative estimate of drug-likeness (QED) is 0.299. The van der Waals surface area contributed by atoms with Crippen molar-refractivity contribution in [2.24, 2.45) is 5.92 Å². The number of aromatic nitrogens is 3. The number of nitrogens with zero attached hydrogens (tertiary/aromatic N) is 4. The minimum absolute atomic E-state index is 0.0402. The summed E-state index contributed by atoms with van der Waals surface area (Å²) in [4.78, 5) is 23.8. The van der Waals surface area contributed by atoms with Crippen molar-refractivity contribution < 1.29 is 27.1 Å². The summed E-state index contributed by atoms with van der Waals surface area (Å²) in [6.07, 6.45) is 0.390. The fraction of sp³-hybridized carbons (Fsp3) is 0.321. The van der Waals surface area contributed by atoms with Gasteiger partial charge in [-0.2, -0.15) is 13.2 Å². The van der Waals surface area contributed by atoms with Crippen LogP contribution in [0.4, 0.5) is 29.1 Å². The van der Waals surface area contributed by atoms with Crippen LogP contribution in [0.15, 0.2) is 60.9 Å². The Labute approximate surface area is 221 Å². The average Bonchev–Trinajstić information content (AvgIpc) is 3.63. The van der Waals surface area contributed by atoms with Crippen LogP contribution in [0.2, 0.25) is 0 Å². The summed E-state index contributed by atoms with van der Waals surface area (Å²) in [6, 6.07) is 11.6. The maximum atomic E-state index is 13.8. The van der Waals surface area contributed by atoms with Crippen molar-refractivity contribution in [3.8, 4) is 0 Å². The SMILES string of the molecule is O=C(Nc1ccc(N2CC(OCC3CC3)C2)nc1)c1cc2cc(C(F)(F)F)cnc2n1Cc1cccc(F)c1. The molecule has 1 aliphatic carbocycles. The monoisotopic (exact) mass is 539 g/mol. The van der Waals surface area contributed by atoms with E-state index in [0.717, 1.165) is 43.7 Å². The summed E-state index contributed by atoms with van der Waals surface area (Å²) in [5, 5.41) is 2.91. The summed E-state index contributed by atoms with van der Waals surface area (Å²) in [7, 11) is 0. The first-order valence-electron chi connectivity index (χ1n) is 12.7. The molecule has 4 aromatic rings. The molecule has 11 heteroatoms. The smallest absolute Gasteiger partial charge is 0.374 e. The third-order valence-corrected chi connectivity index (χ3v) is 6.97. The number of carbonyl (C=O) groups is 1. The Morgan fingerprint density at radius 1 is 1.05 bits per heavy atom. The Bertz CT molecular complexity index is 1510. The number of amides is 1. The molecule has 1 aromatic carbocycles. The topological polar surface area (TPSA) is 72.3 Å². The van der Waals surface area contributed by atoms with Crippen LogP contribution in [-0.2, 0) is 17.5 Å². The number of carbonyl (C=O) groups excluding carboxylic acids is 1. The number of anilines is 2. The van der Waals surface area contributed by atoms with E-state index in [-0.39, 0.29) is 29.4 Å². The Balaban J connectivity index is 1.21. The minimum Gasteiger partial charge on any atom is -0.374 e. The van der Waals surface area contributed by atoms with Gasteiger partial charge in [0.25, 0.3) is 5.91 Å². The third-order valence-electron chi connectivity index (χ3n) is 6.97. The van der Waals surface area contributed by atoms with Crippen molar-refractivity contribution in [1.29, 1.82) is 0 Å². The van der Waals surface area contributed by atoms with E-state index in [4.69, 9.17) is 4.74 Å². The number of rotatable bonds is 8. The lowest BCUT2D eigenvalue weighted by molar-refractivity contribution is -0.137. The van der Waals surface area contributed by atoms with Crippen LogP contribution in [0.25, 0.3) is 11.0 Å². The van der Waals surface area contributed by atoms with Gasteiger partial charge in [0.2, 0.25) is 0 Å². The van der Waals surface area contributed by atoms with E-state index >= 15 is 0 Å². The van der Waals surface area contributed by atoms with Crippen LogP contribution in [0.1, 0.15) is 34.5 Å². The molecule has 7 nitrogen and oxygen atoms in total. The van der Waals surface area contributed by atoms with Crippen molar-refractivity contribution in [1.82, 2.24) is 14.5 Å². The van der Waals surface area contributed by atoms with E-state index in [1.165, 1.54) is 47.9 Å². The van der Waals surface area contributed by atoms with Gasteiger partial charge in [-0.15, -0.1) is 0 Å². The van der Waals surface area contributed by atoms with Crippen molar-refractivity contribution in [3.63, 3.8) is 0 Å². The number of ether oxygens (including phenoxy) is 1. The zero-order valence-corrected chi connectivity index (χ0v) is 20.8. The molecule has 3 aromatic heterocycles. The van der Waals surface area contributed by atoms with Gasteiger partial charge in [-0.25, -0.2) is 14.4 Å². The number of hydrogen-bond acceptors (Lipinski definition) is 5. The molecular weight excluding hydrogens is 514 g/mol. The lowest BCUT2D eigenvalue weighted by Crippen LogP contribution is -2.52. The normalized spacial score (nSPS) is 15.9. The van der Waals surface area contributed by atoms with Gasteiger partial charge in [-0.3, -0.25) is 4.79 Å². The molecule has 4 heterocycles. The summed E-state index contributed by atoms with van der Waals surface area (Å²) in [5.41, 5.74) is 0.307. The Morgan fingerprint density at radius 2 is 1.87 bits per heavy atom. The molecule has 2 aliphatic rings. The molecular formula is C28H25F4N5O2. The van der Waals surface area contributed by atoms with Gasteiger partial charge >= 0.3 is 6.18 Å². The van der Waals surface area contributed by atoms with Crippen LogP contribution < -0.4 is 10.2 Å². The number of fused-ring (bicyclic) bond motifs is 1. The highest BCUT2D eigenvalue weighted by Crippen LogP contribution is 2.32. The molecule has 0 radical (unpaired) electrons. The van der Waals surface area contributed by atoms with Crippen molar-refractivity contribution in [2.75, 3.05) is 29.9 Å². The fourth-order valence-corrected chi connectivity index (χ4v) is 4.60. The first kappa shape index (κ1) is 25.3. The van der Waals surface area contributed by atoms with Crippen LogP contribution in [-0.4, -0.2) is 46.2 Å². The second-order valence-corrected chi connectivity index (χ2v) is 10.0. The van der Waals surface area contributed by atoms with Crippen LogP contribution in [0.5, 0.6) is 0 Å². The molecule has 0 unspecified atom stereocenters. The largest absolute Gasteiger partial charge is 0.417 e. The molecule has 202 valence electrons. The average molecular weight is 540 g/mol. The van der Waals surface area contributed by atoms with Crippen LogP contribution in [0.3, 0.4) is 0 Å². The Kier molecular flexibility index (Phi) is 6.46. The number of nitrogens with one attached hydrogen (secondary N) is 1. The van der Waals surface area contributed by atoms with E-state index in [9.17, 15) is 22.4 Å². The van der Waals surface area contributed by atoms with Crippen molar-refractivity contribution in [3.05, 3.63) is 83.6 Å². The van der Waals surface area contributed by atoms with Gasteiger partial charge in [0.1, 0.15) is 23.0 Å². The van der Waals surface area contributed by atoms with Crippen LogP contribution in [0, 0.1) is 11.7 Å². The van der Waals surface area contributed by atoms with Gasteiger partial charge in [-0.05, 0) is 60.7 Å². The second kappa shape index (κ2) is 9.96. The highest BCUT2D eigenvalue weighted by Gasteiger charge is 2.32. The third kappa shape index (κ3) is 5.58. The molecule has 1 aliphatic heterocycles.